The number of aliphatic carboxylic acids is 1. The van der Waals surface area contributed by atoms with Crippen molar-refractivity contribution in [1.29, 1.82) is 0 Å². The molecule has 3 rings (SSSR count). The molecule has 0 amide bonds. The molecule has 0 unspecified atom stereocenters. The second kappa shape index (κ2) is 6.66. The Morgan fingerprint density at radius 3 is 2.30 bits per heavy atom. The van der Waals surface area contributed by atoms with E-state index in [1.807, 2.05) is 10.6 Å². The lowest BCUT2D eigenvalue weighted by Gasteiger charge is -2.44. The molecule has 1 aromatic heterocycles. The Hall–Kier alpha value is -2.37. The first-order valence-corrected chi connectivity index (χ1v) is 9.56. The molecule has 0 saturated heterocycles. The van der Waals surface area contributed by atoms with E-state index in [1.165, 1.54) is 0 Å². The van der Waals surface area contributed by atoms with Crippen molar-refractivity contribution in [1.82, 2.24) is 4.57 Å². The van der Waals surface area contributed by atoms with E-state index in [9.17, 15) is 19.5 Å². The number of nitrogens with zero attached hydrogens (tertiary/aromatic N) is 1. The van der Waals surface area contributed by atoms with E-state index in [0.717, 1.165) is 25.0 Å². The molecule has 0 radical (unpaired) electrons. The van der Waals surface area contributed by atoms with Gasteiger partial charge in [-0.05, 0) is 25.0 Å². The third-order valence-electron chi connectivity index (χ3n) is 5.73. The van der Waals surface area contributed by atoms with Crippen LogP contribution in [0, 0.1) is 0 Å². The Kier molecular flexibility index (Phi) is 4.78. The maximum Gasteiger partial charge on any atom is 0.303 e. The number of rotatable bonds is 4. The van der Waals surface area contributed by atoms with Gasteiger partial charge in [-0.3, -0.25) is 14.4 Å². The minimum absolute atomic E-state index is 0.218. The highest BCUT2D eigenvalue weighted by Crippen LogP contribution is 2.47. The number of carboxylic acid groups (broad SMARTS) is 1. The van der Waals surface area contributed by atoms with Crippen molar-refractivity contribution in [2.75, 3.05) is 0 Å². The monoisotopic (exact) mass is 373 g/mol. The van der Waals surface area contributed by atoms with Crippen LogP contribution in [0.2, 0.25) is 0 Å². The number of aromatic nitrogens is 1. The lowest BCUT2D eigenvalue weighted by atomic mass is 9.72. The molecule has 6 heteroatoms. The minimum atomic E-state index is -1.10. The quantitative estimate of drug-likeness (QED) is 0.784. The SMILES string of the molecule is CC(C)(C)c1ccc2n1C1(CCCCC1)C(=O)C(C(=O)CCC(=O)O)=C2O. The zero-order valence-corrected chi connectivity index (χ0v) is 16.2. The number of allylic oxidation sites excluding steroid dienone is 1. The van der Waals surface area contributed by atoms with Crippen molar-refractivity contribution in [2.45, 2.75) is 76.7 Å². The highest BCUT2D eigenvalue weighted by atomic mass is 16.4. The molecule has 1 aromatic rings. The molecule has 1 aliphatic carbocycles. The third-order valence-corrected chi connectivity index (χ3v) is 5.73. The van der Waals surface area contributed by atoms with Crippen LogP contribution in [0.4, 0.5) is 0 Å². The third kappa shape index (κ3) is 3.11. The summed E-state index contributed by atoms with van der Waals surface area (Å²) in [5.74, 6) is -2.36. The van der Waals surface area contributed by atoms with Gasteiger partial charge in [0.15, 0.2) is 17.3 Å². The molecule has 0 aromatic carbocycles. The Morgan fingerprint density at radius 1 is 1.11 bits per heavy atom. The first-order chi connectivity index (χ1) is 12.6. The van der Waals surface area contributed by atoms with E-state index in [2.05, 4.69) is 20.8 Å². The van der Waals surface area contributed by atoms with E-state index < -0.39 is 17.3 Å². The zero-order chi connectivity index (χ0) is 20.0. The number of fused-ring (bicyclic) bond motifs is 2. The number of aliphatic hydroxyl groups is 1. The fraction of sp³-hybridized carbons (Fsp3) is 0.571. The van der Waals surface area contributed by atoms with Crippen molar-refractivity contribution >= 4 is 23.3 Å². The molecule has 2 N–H and O–H groups in total. The summed E-state index contributed by atoms with van der Waals surface area (Å²) in [6.45, 7) is 6.18. The number of hydrogen-bond acceptors (Lipinski definition) is 4. The summed E-state index contributed by atoms with van der Waals surface area (Å²) in [6.07, 6.45) is 3.40. The average Bonchev–Trinajstić information content (AvgIpc) is 3.06. The van der Waals surface area contributed by atoms with Gasteiger partial charge >= 0.3 is 5.97 Å². The molecule has 1 spiro atoms. The zero-order valence-electron chi connectivity index (χ0n) is 16.2. The van der Waals surface area contributed by atoms with Crippen molar-refractivity contribution in [2.24, 2.45) is 0 Å². The van der Waals surface area contributed by atoms with Crippen LogP contribution in [0.15, 0.2) is 17.7 Å². The fourth-order valence-corrected chi connectivity index (χ4v) is 4.43. The van der Waals surface area contributed by atoms with Crippen molar-refractivity contribution in [3.05, 3.63) is 29.1 Å². The molecule has 0 bridgehead atoms. The molecule has 2 heterocycles. The molecule has 27 heavy (non-hydrogen) atoms. The number of ketones is 2. The van der Waals surface area contributed by atoms with Crippen molar-refractivity contribution in [3.63, 3.8) is 0 Å². The largest absolute Gasteiger partial charge is 0.505 e. The lowest BCUT2D eigenvalue weighted by Crippen LogP contribution is -2.50. The van der Waals surface area contributed by atoms with E-state index >= 15 is 0 Å². The highest BCUT2D eigenvalue weighted by Gasteiger charge is 2.51. The Labute approximate surface area is 158 Å². The van der Waals surface area contributed by atoms with Gasteiger partial charge in [0.2, 0.25) is 0 Å². The summed E-state index contributed by atoms with van der Waals surface area (Å²) in [7, 11) is 0. The normalized spacial score (nSPS) is 19.3. The second-order valence-corrected chi connectivity index (χ2v) is 8.65. The van der Waals surface area contributed by atoms with Crippen molar-refractivity contribution < 1.29 is 24.6 Å². The standard InChI is InChI=1S/C21H27NO5/c1-20(2,3)15-9-7-13-18(26)17(14(23)8-10-16(24)25)19(27)21(22(13)15)11-5-4-6-12-21/h7,9,26H,4-6,8,10-12H2,1-3H3,(H,24,25). The number of carbonyl (C=O) groups is 3. The molecular weight excluding hydrogens is 346 g/mol. The first-order valence-electron chi connectivity index (χ1n) is 9.56. The maximum atomic E-state index is 13.5. The number of carbonyl (C=O) groups excluding carboxylic acids is 2. The Bertz CT molecular complexity index is 831. The van der Waals surface area contributed by atoms with E-state index in [0.29, 0.717) is 18.5 Å². The van der Waals surface area contributed by atoms with Gasteiger partial charge in [0.25, 0.3) is 0 Å². The van der Waals surface area contributed by atoms with Gasteiger partial charge in [-0.25, -0.2) is 0 Å². The van der Waals surface area contributed by atoms with Crippen LogP contribution in [0.1, 0.15) is 77.1 Å². The molecular formula is C21H27NO5. The van der Waals surface area contributed by atoms with Gasteiger partial charge in [0.1, 0.15) is 11.1 Å². The molecule has 0 atom stereocenters. The topological polar surface area (TPSA) is 96.6 Å². The maximum absolute atomic E-state index is 13.5. The predicted molar refractivity (Wildman–Crippen MR) is 101 cm³/mol. The average molecular weight is 373 g/mol. The predicted octanol–water partition coefficient (Wildman–Crippen LogP) is 3.73. The van der Waals surface area contributed by atoms with Gasteiger partial charge in [-0.15, -0.1) is 0 Å². The summed E-state index contributed by atoms with van der Waals surface area (Å²) in [6, 6.07) is 3.68. The van der Waals surface area contributed by atoms with Crippen LogP contribution in [0.5, 0.6) is 0 Å². The number of Topliss-reactive ketones (excluding diaryl/α,β-unsaturated/α-hetero) is 2. The lowest BCUT2D eigenvalue weighted by molar-refractivity contribution is -0.138. The van der Waals surface area contributed by atoms with Crippen LogP contribution in [0.25, 0.3) is 5.76 Å². The first kappa shape index (κ1) is 19.4. The second-order valence-electron chi connectivity index (χ2n) is 8.65. The van der Waals surface area contributed by atoms with Crippen LogP contribution < -0.4 is 0 Å². The number of carboxylic acids is 1. The Balaban J connectivity index is 2.19. The summed E-state index contributed by atoms with van der Waals surface area (Å²) in [5.41, 5.74) is 0.134. The molecule has 1 saturated carbocycles. The van der Waals surface area contributed by atoms with E-state index in [4.69, 9.17) is 5.11 Å². The van der Waals surface area contributed by atoms with Crippen LogP contribution >= 0.6 is 0 Å². The summed E-state index contributed by atoms with van der Waals surface area (Å²) >= 11 is 0. The summed E-state index contributed by atoms with van der Waals surface area (Å²) in [4.78, 5) is 37.0. The summed E-state index contributed by atoms with van der Waals surface area (Å²) < 4.78 is 1.96. The molecule has 2 aliphatic rings. The van der Waals surface area contributed by atoms with Gasteiger partial charge in [0, 0.05) is 17.5 Å². The summed E-state index contributed by atoms with van der Waals surface area (Å²) in [5, 5.41) is 19.7. The van der Waals surface area contributed by atoms with Crippen LogP contribution in [-0.4, -0.2) is 32.3 Å². The minimum Gasteiger partial charge on any atom is -0.505 e. The van der Waals surface area contributed by atoms with Gasteiger partial charge < -0.3 is 14.8 Å². The number of aliphatic hydroxyl groups excluding tert-OH is 1. The smallest absolute Gasteiger partial charge is 0.303 e. The molecule has 146 valence electrons. The van der Waals surface area contributed by atoms with Crippen LogP contribution in [0.3, 0.4) is 0 Å². The van der Waals surface area contributed by atoms with Gasteiger partial charge in [0.05, 0.1) is 12.1 Å². The van der Waals surface area contributed by atoms with Crippen molar-refractivity contribution in [3.8, 4) is 0 Å². The van der Waals surface area contributed by atoms with Gasteiger partial charge in [-0.1, -0.05) is 40.0 Å². The molecule has 1 fully saturated rings. The molecule has 6 nitrogen and oxygen atoms in total. The van der Waals surface area contributed by atoms with Gasteiger partial charge in [-0.2, -0.15) is 0 Å². The van der Waals surface area contributed by atoms with Crippen LogP contribution in [-0.2, 0) is 25.3 Å². The highest BCUT2D eigenvalue weighted by molar-refractivity contribution is 6.27. The fourth-order valence-electron chi connectivity index (χ4n) is 4.43. The van der Waals surface area contributed by atoms with E-state index in [1.54, 1.807) is 6.07 Å². The number of hydrogen-bond donors (Lipinski definition) is 2. The van der Waals surface area contributed by atoms with E-state index in [-0.39, 0.29) is 35.4 Å². The Morgan fingerprint density at radius 2 is 1.74 bits per heavy atom. The molecule has 1 aliphatic heterocycles.